The van der Waals surface area contributed by atoms with E-state index in [0.717, 1.165) is 18.2 Å². The Hall–Kier alpha value is -1.16. The van der Waals surface area contributed by atoms with Gasteiger partial charge in [-0.15, -0.1) is 0 Å². The summed E-state index contributed by atoms with van der Waals surface area (Å²) in [4.78, 5) is 1.58. The van der Waals surface area contributed by atoms with E-state index in [1.54, 1.807) is 11.9 Å². The molecule has 4 heteroatoms. The Kier molecular flexibility index (Phi) is 3.19. The first-order valence-corrected chi connectivity index (χ1v) is 4.01. The van der Waals surface area contributed by atoms with Crippen LogP contribution in [0.3, 0.4) is 0 Å². The van der Waals surface area contributed by atoms with Crippen LogP contribution in [-0.2, 0) is 0 Å². The maximum atomic E-state index is 13.1. The minimum Gasteiger partial charge on any atom is -0.371 e. The summed E-state index contributed by atoms with van der Waals surface area (Å²) in [5, 5.41) is 0. The molecule has 0 fully saturated rings. The van der Waals surface area contributed by atoms with Crippen molar-refractivity contribution in [1.82, 2.24) is 0 Å². The molecule has 0 aliphatic carbocycles. The van der Waals surface area contributed by atoms with Crippen molar-refractivity contribution in [2.45, 2.75) is 0 Å². The molecular formula is C9H12F2N2. The predicted octanol–water partition coefficient (Wildman–Crippen LogP) is 1.36. The van der Waals surface area contributed by atoms with Gasteiger partial charge in [-0.2, -0.15) is 0 Å². The summed E-state index contributed by atoms with van der Waals surface area (Å²) in [6.07, 6.45) is 0. The Morgan fingerprint density at radius 3 is 2.69 bits per heavy atom. The van der Waals surface area contributed by atoms with Crippen LogP contribution in [0.1, 0.15) is 0 Å². The molecule has 0 bridgehead atoms. The molecule has 2 N–H and O–H groups in total. The molecular weight excluding hydrogens is 174 g/mol. The number of nitrogens with two attached hydrogens (primary N) is 1. The van der Waals surface area contributed by atoms with Crippen molar-refractivity contribution in [1.29, 1.82) is 0 Å². The zero-order chi connectivity index (χ0) is 9.84. The van der Waals surface area contributed by atoms with E-state index in [-0.39, 0.29) is 5.69 Å². The number of benzene rings is 1. The highest BCUT2D eigenvalue weighted by Crippen LogP contribution is 2.18. The second-order valence-electron chi connectivity index (χ2n) is 2.81. The maximum absolute atomic E-state index is 13.1. The molecule has 0 saturated carbocycles. The molecule has 0 radical (unpaired) electrons. The number of anilines is 1. The van der Waals surface area contributed by atoms with Crippen molar-refractivity contribution >= 4 is 5.69 Å². The highest BCUT2D eigenvalue weighted by molar-refractivity contribution is 5.47. The van der Waals surface area contributed by atoms with Gasteiger partial charge in [0.2, 0.25) is 0 Å². The second kappa shape index (κ2) is 4.18. The molecule has 0 aromatic heterocycles. The molecule has 0 saturated heterocycles. The standard InChI is InChI=1S/C9H12F2N2/c1-13(5-4-12)9-6-7(10)2-3-8(9)11/h2-3,6H,4-5,12H2,1H3. The van der Waals surface area contributed by atoms with E-state index in [9.17, 15) is 8.78 Å². The van der Waals surface area contributed by atoms with Gasteiger partial charge in [-0.05, 0) is 12.1 Å². The van der Waals surface area contributed by atoms with E-state index in [4.69, 9.17) is 5.73 Å². The van der Waals surface area contributed by atoms with Crippen molar-refractivity contribution in [3.63, 3.8) is 0 Å². The molecule has 0 spiro atoms. The van der Waals surface area contributed by atoms with Crippen LogP contribution in [0.4, 0.5) is 14.5 Å². The molecule has 0 unspecified atom stereocenters. The van der Waals surface area contributed by atoms with Crippen LogP contribution in [0.25, 0.3) is 0 Å². The average molecular weight is 186 g/mol. The second-order valence-corrected chi connectivity index (χ2v) is 2.81. The van der Waals surface area contributed by atoms with Gasteiger partial charge in [-0.3, -0.25) is 0 Å². The molecule has 2 nitrogen and oxygen atoms in total. The van der Waals surface area contributed by atoms with Crippen molar-refractivity contribution in [3.05, 3.63) is 29.8 Å². The van der Waals surface area contributed by atoms with Gasteiger partial charge < -0.3 is 10.6 Å². The number of hydrogen-bond acceptors (Lipinski definition) is 2. The van der Waals surface area contributed by atoms with Gasteiger partial charge in [0.1, 0.15) is 11.6 Å². The quantitative estimate of drug-likeness (QED) is 0.772. The molecule has 1 aromatic rings. The summed E-state index contributed by atoms with van der Waals surface area (Å²) in [6, 6.07) is 3.36. The van der Waals surface area contributed by atoms with Crippen LogP contribution < -0.4 is 10.6 Å². The zero-order valence-electron chi connectivity index (χ0n) is 7.43. The fraction of sp³-hybridized carbons (Fsp3) is 0.333. The van der Waals surface area contributed by atoms with E-state index < -0.39 is 11.6 Å². The molecule has 1 aromatic carbocycles. The van der Waals surface area contributed by atoms with Crippen LogP contribution in [-0.4, -0.2) is 20.1 Å². The summed E-state index contributed by atoms with van der Waals surface area (Å²) in [6.45, 7) is 0.910. The van der Waals surface area contributed by atoms with Gasteiger partial charge >= 0.3 is 0 Å². The highest BCUT2D eigenvalue weighted by atomic mass is 19.1. The van der Waals surface area contributed by atoms with E-state index in [1.807, 2.05) is 0 Å². The highest BCUT2D eigenvalue weighted by Gasteiger charge is 2.07. The normalized spacial score (nSPS) is 10.2. The zero-order valence-corrected chi connectivity index (χ0v) is 7.43. The Bertz CT molecular complexity index is 289. The maximum Gasteiger partial charge on any atom is 0.146 e. The van der Waals surface area contributed by atoms with Crippen LogP contribution >= 0.6 is 0 Å². The topological polar surface area (TPSA) is 29.3 Å². The molecule has 0 aliphatic heterocycles. The predicted molar refractivity (Wildman–Crippen MR) is 48.7 cm³/mol. The van der Waals surface area contributed by atoms with Crippen molar-refractivity contribution in [2.24, 2.45) is 5.73 Å². The van der Waals surface area contributed by atoms with E-state index >= 15 is 0 Å². The lowest BCUT2D eigenvalue weighted by Crippen LogP contribution is -2.25. The largest absolute Gasteiger partial charge is 0.371 e. The minimum atomic E-state index is -0.444. The van der Waals surface area contributed by atoms with Crippen LogP contribution in [0.15, 0.2) is 18.2 Å². The Labute approximate surface area is 76.0 Å². The van der Waals surface area contributed by atoms with Crippen molar-refractivity contribution in [3.8, 4) is 0 Å². The fourth-order valence-corrected chi connectivity index (χ4v) is 1.09. The Morgan fingerprint density at radius 2 is 2.08 bits per heavy atom. The molecule has 13 heavy (non-hydrogen) atoms. The van der Waals surface area contributed by atoms with Gasteiger partial charge in [0.15, 0.2) is 0 Å². The lowest BCUT2D eigenvalue weighted by molar-refractivity contribution is 0.596. The summed E-state index contributed by atoms with van der Waals surface area (Å²) in [5.74, 6) is -0.877. The first-order valence-electron chi connectivity index (χ1n) is 4.01. The van der Waals surface area contributed by atoms with E-state index in [2.05, 4.69) is 0 Å². The fourth-order valence-electron chi connectivity index (χ4n) is 1.09. The third-order valence-corrected chi connectivity index (χ3v) is 1.78. The summed E-state index contributed by atoms with van der Waals surface area (Å²) in [7, 11) is 1.67. The Morgan fingerprint density at radius 1 is 1.38 bits per heavy atom. The van der Waals surface area contributed by atoms with E-state index in [0.29, 0.717) is 13.1 Å². The molecule has 0 atom stereocenters. The van der Waals surface area contributed by atoms with E-state index in [1.165, 1.54) is 0 Å². The summed E-state index contributed by atoms with van der Waals surface area (Å²) < 4.78 is 25.8. The van der Waals surface area contributed by atoms with Gasteiger partial charge in [-0.1, -0.05) is 0 Å². The minimum absolute atomic E-state index is 0.241. The Balaban J connectivity index is 2.91. The van der Waals surface area contributed by atoms with Crippen molar-refractivity contribution in [2.75, 3.05) is 25.0 Å². The molecule has 0 heterocycles. The number of nitrogens with zero attached hydrogens (tertiary/aromatic N) is 1. The first kappa shape index (κ1) is 9.92. The summed E-state index contributed by atoms with van der Waals surface area (Å²) >= 11 is 0. The first-order chi connectivity index (χ1) is 6.15. The van der Waals surface area contributed by atoms with Crippen molar-refractivity contribution < 1.29 is 8.78 Å². The van der Waals surface area contributed by atoms with Gasteiger partial charge in [0.05, 0.1) is 5.69 Å². The third-order valence-electron chi connectivity index (χ3n) is 1.78. The van der Waals surface area contributed by atoms with Crippen LogP contribution in [0.5, 0.6) is 0 Å². The number of halogens is 2. The monoisotopic (exact) mass is 186 g/mol. The lowest BCUT2D eigenvalue weighted by Gasteiger charge is -2.18. The number of likely N-dealkylation sites (N-methyl/N-ethyl adjacent to an activating group) is 1. The molecule has 1 rings (SSSR count). The molecule has 72 valence electrons. The van der Waals surface area contributed by atoms with Crippen LogP contribution in [0, 0.1) is 11.6 Å². The molecule has 0 amide bonds. The smallest absolute Gasteiger partial charge is 0.146 e. The lowest BCUT2D eigenvalue weighted by atomic mass is 10.2. The van der Waals surface area contributed by atoms with Gasteiger partial charge in [0.25, 0.3) is 0 Å². The third kappa shape index (κ3) is 2.39. The average Bonchev–Trinajstić information content (AvgIpc) is 2.09. The SMILES string of the molecule is CN(CCN)c1cc(F)ccc1F. The van der Waals surface area contributed by atoms with Crippen LogP contribution in [0.2, 0.25) is 0 Å². The summed E-state index contributed by atoms with van der Waals surface area (Å²) in [5.41, 5.74) is 5.54. The number of rotatable bonds is 3. The molecule has 0 aliphatic rings. The van der Waals surface area contributed by atoms with Gasteiger partial charge in [0, 0.05) is 26.2 Å². The van der Waals surface area contributed by atoms with Gasteiger partial charge in [-0.25, -0.2) is 8.78 Å². The number of hydrogen-bond donors (Lipinski definition) is 1.